The molecule has 1 rings (SSSR count). The van der Waals surface area contributed by atoms with Crippen LogP contribution in [-0.2, 0) is 14.8 Å². The minimum atomic E-state index is -3.32. The number of rotatable bonds is 5. The highest BCUT2D eigenvalue weighted by molar-refractivity contribution is 7.88. The van der Waals surface area contributed by atoms with Gasteiger partial charge >= 0.3 is 0 Å². The molecule has 1 aliphatic heterocycles. The SMILES string of the molecule is CC(CCO)NC(=O)C1CCCN1S(C)(=O)=O. The zero-order valence-electron chi connectivity index (χ0n) is 10.2. The molecule has 1 aliphatic rings. The fourth-order valence-electron chi connectivity index (χ4n) is 2.00. The van der Waals surface area contributed by atoms with Crippen LogP contribution in [-0.4, -0.2) is 55.2 Å². The number of nitrogens with zero attached hydrogens (tertiary/aromatic N) is 1. The highest BCUT2D eigenvalue weighted by Gasteiger charge is 2.36. The summed E-state index contributed by atoms with van der Waals surface area (Å²) < 4.78 is 24.2. The van der Waals surface area contributed by atoms with Crippen molar-refractivity contribution >= 4 is 15.9 Å². The minimum absolute atomic E-state index is 0.00189. The number of sulfonamides is 1. The smallest absolute Gasteiger partial charge is 0.238 e. The van der Waals surface area contributed by atoms with E-state index in [0.29, 0.717) is 25.8 Å². The van der Waals surface area contributed by atoms with Gasteiger partial charge in [0.05, 0.1) is 6.26 Å². The van der Waals surface area contributed by atoms with Crippen molar-refractivity contribution in [3.8, 4) is 0 Å². The molecule has 0 bridgehead atoms. The highest BCUT2D eigenvalue weighted by atomic mass is 32.2. The topological polar surface area (TPSA) is 86.7 Å². The van der Waals surface area contributed by atoms with Gasteiger partial charge in [-0.3, -0.25) is 4.79 Å². The van der Waals surface area contributed by atoms with E-state index in [4.69, 9.17) is 5.11 Å². The van der Waals surface area contributed by atoms with Crippen LogP contribution in [0.1, 0.15) is 26.2 Å². The van der Waals surface area contributed by atoms with Crippen molar-refractivity contribution in [2.45, 2.75) is 38.3 Å². The monoisotopic (exact) mass is 264 g/mol. The van der Waals surface area contributed by atoms with Crippen molar-refractivity contribution in [2.75, 3.05) is 19.4 Å². The fraction of sp³-hybridized carbons (Fsp3) is 0.900. The average Bonchev–Trinajstić information content (AvgIpc) is 2.65. The summed E-state index contributed by atoms with van der Waals surface area (Å²) in [5.41, 5.74) is 0. The number of aliphatic hydroxyl groups is 1. The van der Waals surface area contributed by atoms with Crippen molar-refractivity contribution in [3.63, 3.8) is 0 Å². The first-order valence-corrected chi connectivity index (χ1v) is 7.59. The van der Waals surface area contributed by atoms with Crippen LogP contribution in [0.2, 0.25) is 0 Å². The molecular weight excluding hydrogens is 244 g/mol. The Hall–Kier alpha value is -0.660. The number of hydrogen-bond donors (Lipinski definition) is 2. The number of amides is 1. The number of carbonyl (C=O) groups excluding carboxylic acids is 1. The Labute approximate surface area is 102 Å². The molecule has 0 aromatic carbocycles. The maximum Gasteiger partial charge on any atom is 0.238 e. The maximum absolute atomic E-state index is 11.9. The summed E-state index contributed by atoms with van der Waals surface area (Å²) in [6.45, 7) is 2.20. The third kappa shape index (κ3) is 3.93. The predicted octanol–water partition coefficient (Wildman–Crippen LogP) is -0.702. The van der Waals surface area contributed by atoms with E-state index in [-0.39, 0.29) is 18.6 Å². The van der Waals surface area contributed by atoms with Gasteiger partial charge in [0, 0.05) is 19.2 Å². The normalized spacial score (nSPS) is 23.6. The molecule has 0 aromatic rings. The van der Waals surface area contributed by atoms with Crippen LogP contribution in [0.4, 0.5) is 0 Å². The quantitative estimate of drug-likeness (QED) is 0.687. The van der Waals surface area contributed by atoms with E-state index in [0.717, 1.165) is 6.26 Å². The van der Waals surface area contributed by atoms with Crippen molar-refractivity contribution in [2.24, 2.45) is 0 Å². The zero-order chi connectivity index (χ0) is 13.1. The Bertz CT molecular complexity index is 369. The van der Waals surface area contributed by atoms with Crippen LogP contribution in [0.5, 0.6) is 0 Å². The molecule has 1 amide bonds. The number of nitrogens with one attached hydrogen (secondary N) is 1. The summed E-state index contributed by atoms with van der Waals surface area (Å²) in [7, 11) is -3.32. The van der Waals surface area contributed by atoms with Gasteiger partial charge < -0.3 is 10.4 Å². The lowest BCUT2D eigenvalue weighted by molar-refractivity contribution is -0.124. The molecule has 17 heavy (non-hydrogen) atoms. The third-order valence-corrected chi connectivity index (χ3v) is 4.17. The van der Waals surface area contributed by atoms with Crippen LogP contribution < -0.4 is 5.32 Å². The van der Waals surface area contributed by atoms with Crippen LogP contribution in [0.25, 0.3) is 0 Å². The Morgan fingerprint density at radius 1 is 1.59 bits per heavy atom. The maximum atomic E-state index is 11.9. The molecule has 2 N–H and O–H groups in total. The van der Waals surface area contributed by atoms with Gasteiger partial charge in [0.2, 0.25) is 15.9 Å². The second-order valence-electron chi connectivity index (χ2n) is 4.45. The summed E-state index contributed by atoms with van der Waals surface area (Å²) in [5, 5.41) is 11.5. The van der Waals surface area contributed by atoms with Gasteiger partial charge in [-0.25, -0.2) is 8.42 Å². The van der Waals surface area contributed by atoms with E-state index < -0.39 is 16.1 Å². The Kier molecular flexibility index (Phi) is 4.91. The molecule has 100 valence electrons. The summed E-state index contributed by atoms with van der Waals surface area (Å²) in [6, 6.07) is -0.736. The van der Waals surface area contributed by atoms with E-state index in [2.05, 4.69) is 5.32 Å². The Morgan fingerprint density at radius 3 is 2.76 bits per heavy atom. The summed E-state index contributed by atoms with van der Waals surface area (Å²) >= 11 is 0. The van der Waals surface area contributed by atoms with Crippen molar-refractivity contribution in [1.29, 1.82) is 0 Å². The first kappa shape index (κ1) is 14.4. The van der Waals surface area contributed by atoms with E-state index >= 15 is 0 Å². The Balaban J connectivity index is 2.63. The lowest BCUT2D eigenvalue weighted by Crippen LogP contribution is -2.48. The summed E-state index contributed by atoms with van der Waals surface area (Å²) in [5.74, 6) is -0.270. The van der Waals surface area contributed by atoms with Crippen LogP contribution in [0.3, 0.4) is 0 Å². The molecule has 7 heteroatoms. The molecule has 0 aromatic heterocycles. The van der Waals surface area contributed by atoms with Gasteiger partial charge in [-0.1, -0.05) is 0 Å². The molecule has 2 atom stereocenters. The molecule has 6 nitrogen and oxygen atoms in total. The second-order valence-corrected chi connectivity index (χ2v) is 6.39. The predicted molar refractivity (Wildman–Crippen MR) is 63.9 cm³/mol. The molecule has 1 heterocycles. The number of hydrogen-bond acceptors (Lipinski definition) is 4. The number of carbonyl (C=O) groups is 1. The van der Waals surface area contributed by atoms with Crippen LogP contribution in [0, 0.1) is 0 Å². The third-order valence-electron chi connectivity index (χ3n) is 2.88. The summed E-state index contributed by atoms with van der Waals surface area (Å²) in [6.07, 6.45) is 2.86. The van der Waals surface area contributed by atoms with Crippen LogP contribution in [0.15, 0.2) is 0 Å². The molecule has 0 aliphatic carbocycles. The average molecular weight is 264 g/mol. The first-order chi connectivity index (χ1) is 7.86. The molecular formula is C10H20N2O4S. The van der Waals surface area contributed by atoms with Gasteiger partial charge in [-0.15, -0.1) is 0 Å². The number of aliphatic hydroxyl groups excluding tert-OH is 1. The molecule has 2 unspecified atom stereocenters. The molecule has 1 fully saturated rings. The molecule has 1 saturated heterocycles. The van der Waals surface area contributed by atoms with E-state index in [9.17, 15) is 13.2 Å². The highest BCUT2D eigenvalue weighted by Crippen LogP contribution is 2.20. The van der Waals surface area contributed by atoms with E-state index in [1.165, 1.54) is 4.31 Å². The molecule has 0 saturated carbocycles. The second kappa shape index (κ2) is 5.79. The van der Waals surface area contributed by atoms with Crippen molar-refractivity contribution in [3.05, 3.63) is 0 Å². The van der Waals surface area contributed by atoms with Gasteiger partial charge in [-0.2, -0.15) is 4.31 Å². The fourth-order valence-corrected chi connectivity index (χ4v) is 3.13. The largest absolute Gasteiger partial charge is 0.396 e. The molecule has 0 radical (unpaired) electrons. The van der Waals surface area contributed by atoms with E-state index in [1.54, 1.807) is 6.92 Å². The first-order valence-electron chi connectivity index (χ1n) is 5.74. The van der Waals surface area contributed by atoms with Crippen molar-refractivity contribution < 1.29 is 18.3 Å². The lowest BCUT2D eigenvalue weighted by atomic mass is 10.2. The van der Waals surface area contributed by atoms with E-state index in [1.807, 2.05) is 0 Å². The van der Waals surface area contributed by atoms with Gasteiger partial charge in [-0.05, 0) is 26.2 Å². The Morgan fingerprint density at radius 2 is 2.24 bits per heavy atom. The zero-order valence-corrected chi connectivity index (χ0v) is 11.0. The van der Waals surface area contributed by atoms with Gasteiger partial charge in [0.15, 0.2) is 0 Å². The van der Waals surface area contributed by atoms with Gasteiger partial charge in [0.1, 0.15) is 6.04 Å². The minimum Gasteiger partial charge on any atom is -0.396 e. The standard InChI is InChI=1S/C10H20N2O4S/c1-8(5-7-13)11-10(14)9-4-3-6-12(9)17(2,15)16/h8-9,13H,3-7H2,1-2H3,(H,11,14). The summed E-state index contributed by atoms with van der Waals surface area (Å²) in [4.78, 5) is 11.9. The van der Waals surface area contributed by atoms with Crippen LogP contribution >= 0.6 is 0 Å². The van der Waals surface area contributed by atoms with Gasteiger partial charge in [0.25, 0.3) is 0 Å². The molecule has 0 spiro atoms. The lowest BCUT2D eigenvalue weighted by Gasteiger charge is -2.23. The van der Waals surface area contributed by atoms with Crippen molar-refractivity contribution in [1.82, 2.24) is 9.62 Å².